The Hall–Kier alpha value is -2.74. The average Bonchev–Trinajstić information content (AvgIpc) is 2.82. The van der Waals surface area contributed by atoms with Gasteiger partial charge in [-0.15, -0.1) is 6.58 Å². The molecule has 1 saturated carbocycles. The molecule has 0 spiro atoms. The van der Waals surface area contributed by atoms with Gasteiger partial charge in [0, 0.05) is 18.8 Å². The van der Waals surface area contributed by atoms with Crippen LogP contribution in [-0.4, -0.2) is 9.97 Å². The van der Waals surface area contributed by atoms with Gasteiger partial charge in [-0.1, -0.05) is 61.5 Å². The highest BCUT2D eigenvalue weighted by Gasteiger charge is 2.19. The van der Waals surface area contributed by atoms with E-state index in [-0.39, 0.29) is 0 Å². The van der Waals surface area contributed by atoms with E-state index in [9.17, 15) is 0 Å². The molecule has 0 aliphatic heterocycles. The molecular formula is C29H34N2. The first-order chi connectivity index (χ1) is 15.2. The summed E-state index contributed by atoms with van der Waals surface area (Å²) < 4.78 is 0. The van der Waals surface area contributed by atoms with Crippen molar-refractivity contribution < 1.29 is 0 Å². The predicted octanol–water partition coefficient (Wildman–Crippen LogP) is 6.76. The second-order valence-corrected chi connectivity index (χ2v) is 9.07. The Balaban J connectivity index is 1.29. The van der Waals surface area contributed by atoms with E-state index in [1.807, 2.05) is 12.4 Å². The van der Waals surface area contributed by atoms with Crippen LogP contribution in [0.1, 0.15) is 66.2 Å². The highest BCUT2D eigenvalue weighted by molar-refractivity contribution is 5.31. The molecule has 1 aliphatic carbocycles. The number of hydrogen-bond acceptors (Lipinski definition) is 2. The van der Waals surface area contributed by atoms with Crippen molar-refractivity contribution in [3.8, 4) is 0 Å². The van der Waals surface area contributed by atoms with Crippen molar-refractivity contribution in [3.63, 3.8) is 0 Å². The standard InChI is InChI=1S/C29H34N2/c1-3-22-5-9-24(10-6-22)17-25-13-15-27(16-14-25)19-29-30-20-28(21-31-29)18-26-11-7-23(4-2)8-12-26/h4-6,9-10,13-16,20-21,23,26H,2-3,7-8,11-12,17-19H2,1H3. The first-order valence-electron chi connectivity index (χ1n) is 11.8. The molecule has 0 unspecified atom stereocenters. The minimum absolute atomic E-state index is 0.725. The van der Waals surface area contributed by atoms with E-state index in [1.54, 1.807) is 0 Å². The molecule has 31 heavy (non-hydrogen) atoms. The van der Waals surface area contributed by atoms with Crippen LogP contribution < -0.4 is 0 Å². The SMILES string of the molecule is C=CC1CCC(Cc2cnc(Cc3ccc(Cc4ccc(CC)cc4)cc3)nc2)CC1. The highest BCUT2D eigenvalue weighted by atomic mass is 14.9. The fourth-order valence-corrected chi connectivity index (χ4v) is 4.63. The highest BCUT2D eigenvalue weighted by Crippen LogP contribution is 2.31. The van der Waals surface area contributed by atoms with Gasteiger partial charge < -0.3 is 0 Å². The van der Waals surface area contributed by atoms with Gasteiger partial charge in [0.1, 0.15) is 5.82 Å². The summed E-state index contributed by atoms with van der Waals surface area (Å²) in [7, 11) is 0. The van der Waals surface area contributed by atoms with Crippen molar-refractivity contribution in [1.29, 1.82) is 0 Å². The molecule has 0 bridgehead atoms. The maximum absolute atomic E-state index is 4.65. The number of aryl methyl sites for hydroxylation is 1. The van der Waals surface area contributed by atoms with Gasteiger partial charge in [0.15, 0.2) is 0 Å². The third kappa shape index (κ3) is 6.13. The molecule has 2 heteroatoms. The molecule has 4 rings (SSSR count). The van der Waals surface area contributed by atoms with Crippen LogP contribution in [0.3, 0.4) is 0 Å². The molecular weight excluding hydrogens is 376 g/mol. The van der Waals surface area contributed by atoms with E-state index in [0.29, 0.717) is 0 Å². The lowest BCUT2D eigenvalue weighted by Gasteiger charge is -2.26. The zero-order valence-electron chi connectivity index (χ0n) is 18.8. The van der Waals surface area contributed by atoms with Crippen LogP contribution in [0.2, 0.25) is 0 Å². The number of benzene rings is 2. The maximum atomic E-state index is 4.65. The minimum Gasteiger partial charge on any atom is -0.241 e. The quantitative estimate of drug-likeness (QED) is 0.384. The van der Waals surface area contributed by atoms with Gasteiger partial charge >= 0.3 is 0 Å². The molecule has 2 aromatic carbocycles. The monoisotopic (exact) mass is 410 g/mol. The molecule has 2 nitrogen and oxygen atoms in total. The first-order valence-corrected chi connectivity index (χ1v) is 11.8. The molecule has 1 heterocycles. The van der Waals surface area contributed by atoms with Crippen molar-refractivity contribution in [2.24, 2.45) is 11.8 Å². The van der Waals surface area contributed by atoms with E-state index < -0.39 is 0 Å². The van der Waals surface area contributed by atoms with Gasteiger partial charge in [-0.2, -0.15) is 0 Å². The van der Waals surface area contributed by atoms with E-state index in [1.165, 1.54) is 53.5 Å². The van der Waals surface area contributed by atoms with Crippen molar-refractivity contribution in [2.75, 3.05) is 0 Å². The van der Waals surface area contributed by atoms with Crippen LogP contribution >= 0.6 is 0 Å². The van der Waals surface area contributed by atoms with Crippen LogP contribution in [0.15, 0.2) is 73.6 Å². The molecule has 3 aromatic rings. The molecule has 1 aliphatic rings. The topological polar surface area (TPSA) is 25.8 Å². The second-order valence-electron chi connectivity index (χ2n) is 9.07. The number of hydrogen-bond donors (Lipinski definition) is 0. The summed E-state index contributed by atoms with van der Waals surface area (Å²) in [6.45, 7) is 6.14. The van der Waals surface area contributed by atoms with Crippen molar-refractivity contribution in [1.82, 2.24) is 9.97 Å². The van der Waals surface area contributed by atoms with Crippen LogP contribution in [0, 0.1) is 11.8 Å². The van der Waals surface area contributed by atoms with Gasteiger partial charge in [-0.25, -0.2) is 9.97 Å². The van der Waals surface area contributed by atoms with Crippen molar-refractivity contribution in [3.05, 3.63) is 107 Å². The third-order valence-electron chi connectivity index (χ3n) is 6.73. The Morgan fingerprint density at radius 3 is 1.77 bits per heavy atom. The molecule has 0 N–H and O–H groups in total. The lowest BCUT2D eigenvalue weighted by Crippen LogP contribution is -2.15. The number of aromatic nitrogens is 2. The summed E-state index contributed by atoms with van der Waals surface area (Å²) >= 11 is 0. The normalized spacial score (nSPS) is 18.6. The van der Waals surface area contributed by atoms with Gasteiger partial charge in [0.25, 0.3) is 0 Å². The molecule has 1 aromatic heterocycles. The van der Waals surface area contributed by atoms with Crippen LogP contribution in [0.25, 0.3) is 0 Å². The zero-order chi connectivity index (χ0) is 21.5. The van der Waals surface area contributed by atoms with E-state index in [0.717, 1.165) is 43.3 Å². The lowest BCUT2D eigenvalue weighted by atomic mass is 9.80. The van der Waals surface area contributed by atoms with E-state index in [2.05, 4.69) is 78.1 Å². The number of allylic oxidation sites excluding steroid dienone is 1. The summed E-state index contributed by atoms with van der Waals surface area (Å²) in [5.74, 6) is 2.40. The molecule has 1 fully saturated rings. The number of rotatable bonds is 8. The van der Waals surface area contributed by atoms with Gasteiger partial charge in [-0.3, -0.25) is 0 Å². The van der Waals surface area contributed by atoms with E-state index >= 15 is 0 Å². The Morgan fingerprint density at radius 1 is 0.742 bits per heavy atom. The van der Waals surface area contributed by atoms with E-state index in [4.69, 9.17) is 0 Å². The molecule has 0 amide bonds. The largest absolute Gasteiger partial charge is 0.241 e. The summed E-state index contributed by atoms with van der Waals surface area (Å²) in [6, 6.07) is 17.8. The molecule has 0 atom stereocenters. The fourth-order valence-electron chi connectivity index (χ4n) is 4.63. The minimum atomic E-state index is 0.725. The zero-order valence-corrected chi connectivity index (χ0v) is 18.8. The summed E-state index contributed by atoms with van der Waals surface area (Å²) in [5, 5.41) is 0. The summed E-state index contributed by atoms with van der Waals surface area (Å²) in [6.07, 6.45) is 15.3. The predicted molar refractivity (Wildman–Crippen MR) is 129 cm³/mol. The van der Waals surface area contributed by atoms with Gasteiger partial charge in [0.05, 0.1) is 0 Å². The van der Waals surface area contributed by atoms with Gasteiger partial charge in [0.2, 0.25) is 0 Å². The lowest BCUT2D eigenvalue weighted by molar-refractivity contribution is 0.309. The summed E-state index contributed by atoms with van der Waals surface area (Å²) in [4.78, 5) is 9.30. The Morgan fingerprint density at radius 2 is 1.26 bits per heavy atom. The molecule has 160 valence electrons. The van der Waals surface area contributed by atoms with Crippen LogP contribution in [0.4, 0.5) is 0 Å². The average molecular weight is 411 g/mol. The maximum Gasteiger partial charge on any atom is 0.132 e. The number of nitrogens with zero attached hydrogens (tertiary/aromatic N) is 2. The van der Waals surface area contributed by atoms with Crippen LogP contribution in [-0.2, 0) is 25.7 Å². The Labute approximate surface area is 187 Å². The molecule has 0 radical (unpaired) electrons. The van der Waals surface area contributed by atoms with Crippen molar-refractivity contribution >= 4 is 0 Å². The summed E-state index contributed by atoms with van der Waals surface area (Å²) in [5.41, 5.74) is 6.64. The second kappa shape index (κ2) is 10.5. The first kappa shape index (κ1) is 21.5. The molecule has 0 saturated heterocycles. The van der Waals surface area contributed by atoms with Crippen molar-refractivity contribution in [2.45, 2.75) is 58.3 Å². The Bertz CT molecular complexity index is 947. The van der Waals surface area contributed by atoms with Gasteiger partial charge in [-0.05, 0) is 84.6 Å². The fraction of sp³-hybridized carbons (Fsp3) is 0.379. The van der Waals surface area contributed by atoms with Crippen LogP contribution in [0.5, 0.6) is 0 Å². The Kier molecular flexibility index (Phi) is 7.30. The third-order valence-corrected chi connectivity index (χ3v) is 6.73. The smallest absolute Gasteiger partial charge is 0.132 e.